The van der Waals surface area contributed by atoms with Crippen molar-refractivity contribution in [3.63, 3.8) is 0 Å². The molecule has 0 atom stereocenters. The lowest BCUT2D eigenvalue weighted by Gasteiger charge is -1.98. The summed E-state index contributed by atoms with van der Waals surface area (Å²) in [6.45, 7) is 0.702. The zero-order valence-corrected chi connectivity index (χ0v) is 8.61. The van der Waals surface area contributed by atoms with E-state index in [9.17, 15) is 4.79 Å². The highest BCUT2D eigenvalue weighted by Gasteiger charge is 1.93. The number of aromatic nitrogens is 1. The Labute approximate surface area is 85.1 Å². The van der Waals surface area contributed by atoms with Crippen LogP contribution in [-0.4, -0.2) is 23.7 Å². The minimum atomic E-state index is 0.702. The van der Waals surface area contributed by atoms with E-state index in [1.807, 2.05) is 18.2 Å². The Kier molecular flexibility index (Phi) is 5.44. The molecule has 13 heavy (non-hydrogen) atoms. The number of hydrogen-bond donors (Lipinski definition) is 1. The molecule has 0 fully saturated rings. The van der Waals surface area contributed by atoms with E-state index >= 15 is 0 Å². The number of carbonyl (C=O) groups excluding carboxylic acids is 1. The highest BCUT2D eigenvalue weighted by molar-refractivity contribution is 8.76. The molecule has 3 nitrogen and oxygen atoms in total. The standard InChI is InChI=1S/C8H10N2OS2/c11-7-9-5-6-12-13-8-3-1-2-4-10-8/h1-4,7H,5-6H2,(H,9,11). The summed E-state index contributed by atoms with van der Waals surface area (Å²) in [6, 6.07) is 5.81. The Morgan fingerprint density at radius 1 is 1.54 bits per heavy atom. The second-order valence-corrected chi connectivity index (χ2v) is 4.58. The fourth-order valence-corrected chi connectivity index (χ4v) is 2.46. The number of carbonyl (C=O) groups is 1. The molecule has 1 rings (SSSR count). The van der Waals surface area contributed by atoms with Gasteiger partial charge in [0, 0.05) is 18.5 Å². The topological polar surface area (TPSA) is 42.0 Å². The lowest BCUT2D eigenvalue weighted by molar-refractivity contribution is -0.109. The predicted octanol–water partition coefficient (Wildman–Crippen LogP) is 1.57. The number of hydrogen-bond acceptors (Lipinski definition) is 4. The van der Waals surface area contributed by atoms with E-state index in [2.05, 4.69) is 10.3 Å². The van der Waals surface area contributed by atoms with Crippen LogP contribution in [-0.2, 0) is 4.79 Å². The molecule has 0 unspecified atom stereocenters. The molecule has 0 radical (unpaired) electrons. The summed E-state index contributed by atoms with van der Waals surface area (Å²) in [7, 11) is 3.30. The number of rotatable bonds is 6. The highest BCUT2D eigenvalue weighted by atomic mass is 33.1. The van der Waals surface area contributed by atoms with Crippen LogP contribution in [0.1, 0.15) is 0 Å². The van der Waals surface area contributed by atoms with Crippen molar-refractivity contribution in [3.8, 4) is 0 Å². The van der Waals surface area contributed by atoms with Crippen molar-refractivity contribution in [3.05, 3.63) is 24.4 Å². The van der Waals surface area contributed by atoms with E-state index in [1.54, 1.807) is 27.8 Å². The van der Waals surface area contributed by atoms with Gasteiger partial charge in [0.1, 0.15) is 5.03 Å². The maximum absolute atomic E-state index is 9.90. The maximum atomic E-state index is 9.90. The largest absolute Gasteiger partial charge is 0.358 e. The summed E-state index contributed by atoms with van der Waals surface area (Å²) in [5.41, 5.74) is 0. The SMILES string of the molecule is O=CNCCSSc1ccccn1. The molecule has 1 amide bonds. The van der Waals surface area contributed by atoms with Crippen LogP contribution < -0.4 is 5.32 Å². The Morgan fingerprint density at radius 3 is 3.15 bits per heavy atom. The Bertz CT molecular complexity index is 243. The molecule has 1 heterocycles. The molecule has 70 valence electrons. The first-order chi connectivity index (χ1) is 6.43. The first-order valence-corrected chi connectivity index (χ1v) is 6.13. The van der Waals surface area contributed by atoms with Gasteiger partial charge < -0.3 is 5.32 Å². The van der Waals surface area contributed by atoms with Crippen molar-refractivity contribution in [2.45, 2.75) is 5.03 Å². The zero-order chi connectivity index (χ0) is 9.36. The van der Waals surface area contributed by atoms with Crippen molar-refractivity contribution >= 4 is 28.0 Å². The van der Waals surface area contributed by atoms with Gasteiger partial charge in [-0.1, -0.05) is 16.9 Å². The molecular weight excluding hydrogens is 204 g/mol. The Morgan fingerprint density at radius 2 is 2.46 bits per heavy atom. The molecule has 0 bridgehead atoms. The van der Waals surface area contributed by atoms with Gasteiger partial charge in [0.25, 0.3) is 0 Å². The second kappa shape index (κ2) is 6.80. The predicted molar refractivity (Wildman–Crippen MR) is 56.6 cm³/mol. The molecule has 0 saturated carbocycles. The third-order valence-electron chi connectivity index (χ3n) is 1.20. The van der Waals surface area contributed by atoms with Gasteiger partial charge in [0.2, 0.25) is 6.41 Å². The van der Waals surface area contributed by atoms with Gasteiger partial charge in [-0.3, -0.25) is 4.79 Å². The second-order valence-electron chi connectivity index (χ2n) is 2.15. The van der Waals surface area contributed by atoms with Crippen molar-refractivity contribution in [1.82, 2.24) is 10.3 Å². The summed E-state index contributed by atoms with van der Waals surface area (Å²) in [4.78, 5) is 14.0. The first-order valence-electron chi connectivity index (χ1n) is 3.81. The molecular formula is C8H10N2OS2. The van der Waals surface area contributed by atoms with Crippen molar-refractivity contribution < 1.29 is 4.79 Å². The van der Waals surface area contributed by atoms with Gasteiger partial charge in [-0.05, 0) is 22.9 Å². The van der Waals surface area contributed by atoms with E-state index in [-0.39, 0.29) is 0 Å². The average molecular weight is 214 g/mol. The maximum Gasteiger partial charge on any atom is 0.207 e. The Hall–Kier alpha value is -0.680. The van der Waals surface area contributed by atoms with Gasteiger partial charge >= 0.3 is 0 Å². The van der Waals surface area contributed by atoms with E-state index in [0.717, 1.165) is 10.8 Å². The van der Waals surface area contributed by atoms with Crippen LogP contribution >= 0.6 is 21.6 Å². The molecule has 0 aliphatic rings. The molecule has 0 aliphatic carbocycles. The summed E-state index contributed by atoms with van der Waals surface area (Å²) < 4.78 is 0. The molecule has 5 heteroatoms. The van der Waals surface area contributed by atoms with Crippen LogP contribution in [0.5, 0.6) is 0 Å². The smallest absolute Gasteiger partial charge is 0.207 e. The molecule has 1 aromatic rings. The van der Waals surface area contributed by atoms with Crippen LogP contribution in [0.25, 0.3) is 0 Å². The van der Waals surface area contributed by atoms with E-state index in [1.165, 1.54) is 0 Å². The average Bonchev–Trinajstić information content (AvgIpc) is 2.19. The van der Waals surface area contributed by atoms with Crippen LogP contribution in [0.15, 0.2) is 29.4 Å². The normalized spacial score (nSPS) is 9.54. The summed E-state index contributed by atoms with van der Waals surface area (Å²) in [5, 5.41) is 3.60. The molecule has 0 aromatic carbocycles. The van der Waals surface area contributed by atoms with Gasteiger partial charge in [-0.25, -0.2) is 4.98 Å². The highest BCUT2D eigenvalue weighted by Crippen LogP contribution is 2.27. The van der Waals surface area contributed by atoms with E-state index < -0.39 is 0 Å². The third-order valence-corrected chi connectivity index (χ3v) is 3.46. The Balaban J connectivity index is 2.10. The lowest BCUT2D eigenvalue weighted by Crippen LogP contribution is -2.13. The third kappa shape index (κ3) is 4.80. The number of amides is 1. The van der Waals surface area contributed by atoms with Crippen molar-refractivity contribution in [2.75, 3.05) is 12.3 Å². The summed E-state index contributed by atoms with van der Waals surface area (Å²) in [5.74, 6) is 0.889. The van der Waals surface area contributed by atoms with Crippen molar-refractivity contribution in [1.29, 1.82) is 0 Å². The van der Waals surface area contributed by atoms with Crippen LogP contribution in [0.3, 0.4) is 0 Å². The number of nitrogens with one attached hydrogen (secondary N) is 1. The molecule has 1 N–H and O–H groups in total. The molecule has 0 saturated heterocycles. The van der Waals surface area contributed by atoms with Crippen LogP contribution in [0, 0.1) is 0 Å². The first kappa shape index (κ1) is 10.4. The minimum absolute atomic E-state index is 0.702. The van der Waals surface area contributed by atoms with Crippen LogP contribution in [0.2, 0.25) is 0 Å². The number of nitrogens with zero attached hydrogens (tertiary/aromatic N) is 1. The minimum Gasteiger partial charge on any atom is -0.358 e. The summed E-state index contributed by atoms with van der Waals surface area (Å²) in [6.07, 6.45) is 2.48. The monoisotopic (exact) mass is 214 g/mol. The lowest BCUT2D eigenvalue weighted by atomic mass is 10.5. The van der Waals surface area contributed by atoms with Crippen molar-refractivity contribution in [2.24, 2.45) is 0 Å². The molecule has 1 aromatic heterocycles. The van der Waals surface area contributed by atoms with E-state index in [4.69, 9.17) is 0 Å². The fraction of sp³-hybridized carbons (Fsp3) is 0.250. The molecule has 0 spiro atoms. The fourth-order valence-electron chi connectivity index (χ4n) is 0.658. The molecule has 0 aliphatic heterocycles. The van der Waals surface area contributed by atoms with E-state index in [0.29, 0.717) is 13.0 Å². The quantitative estimate of drug-likeness (QED) is 0.443. The van der Waals surface area contributed by atoms with Gasteiger partial charge in [-0.15, -0.1) is 0 Å². The van der Waals surface area contributed by atoms with Gasteiger partial charge in [-0.2, -0.15) is 0 Å². The zero-order valence-electron chi connectivity index (χ0n) is 6.97. The summed E-state index contributed by atoms with van der Waals surface area (Å²) >= 11 is 0. The van der Waals surface area contributed by atoms with Gasteiger partial charge in [0.05, 0.1) is 0 Å². The number of pyridine rings is 1. The van der Waals surface area contributed by atoms with Gasteiger partial charge in [0.15, 0.2) is 0 Å². The van der Waals surface area contributed by atoms with Crippen LogP contribution in [0.4, 0.5) is 0 Å².